The third-order valence-corrected chi connectivity index (χ3v) is 2.16. The Morgan fingerprint density at radius 1 is 1.44 bits per heavy atom. The molecule has 0 bridgehead atoms. The van der Waals surface area contributed by atoms with Gasteiger partial charge in [-0.3, -0.25) is 9.59 Å². The maximum atomic E-state index is 11.7. The summed E-state index contributed by atoms with van der Waals surface area (Å²) in [5, 5.41) is 23.9. The van der Waals surface area contributed by atoms with Crippen LogP contribution in [0.15, 0.2) is 0 Å². The highest BCUT2D eigenvalue weighted by Gasteiger charge is 2.24. The first-order valence-corrected chi connectivity index (χ1v) is 5.54. The average molecular weight is 255 g/mol. The first kappa shape index (κ1) is 14.1. The Labute approximate surface area is 104 Å². The van der Waals surface area contributed by atoms with E-state index in [0.717, 1.165) is 0 Å². The van der Waals surface area contributed by atoms with E-state index >= 15 is 0 Å². The van der Waals surface area contributed by atoms with Crippen LogP contribution in [0.5, 0.6) is 0 Å². The molecule has 18 heavy (non-hydrogen) atoms. The van der Waals surface area contributed by atoms with Crippen molar-refractivity contribution in [2.75, 3.05) is 0 Å². The van der Waals surface area contributed by atoms with E-state index in [1.807, 2.05) is 20.8 Å². The molecule has 1 aromatic rings. The van der Waals surface area contributed by atoms with Crippen LogP contribution >= 0.6 is 0 Å². The molecule has 0 aromatic carbocycles. The van der Waals surface area contributed by atoms with Gasteiger partial charge in [0.2, 0.25) is 0 Å². The van der Waals surface area contributed by atoms with E-state index in [2.05, 4.69) is 25.9 Å². The quantitative estimate of drug-likeness (QED) is 0.691. The lowest BCUT2D eigenvalue weighted by Crippen LogP contribution is -2.39. The molecule has 1 aromatic heterocycles. The van der Waals surface area contributed by atoms with Gasteiger partial charge in [-0.25, -0.2) is 0 Å². The van der Waals surface area contributed by atoms with Gasteiger partial charge in [0.05, 0.1) is 6.42 Å². The zero-order chi connectivity index (χ0) is 13.8. The predicted octanol–water partition coefficient (Wildman–Crippen LogP) is 0.209. The molecule has 0 saturated heterocycles. The first-order chi connectivity index (χ1) is 8.28. The van der Waals surface area contributed by atoms with Gasteiger partial charge in [-0.2, -0.15) is 5.21 Å². The lowest BCUT2D eigenvalue weighted by Gasteiger charge is -2.25. The molecule has 1 atom stereocenters. The molecule has 3 N–H and O–H groups in total. The van der Waals surface area contributed by atoms with Crippen molar-refractivity contribution in [1.82, 2.24) is 25.9 Å². The van der Waals surface area contributed by atoms with Crippen LogP contribution in [-0.4, -0.2) is 43.6 Å². The summed E-state index contributed by atoms with van der Waals surface area (Å²) in [6.07, 6.45) is 0.407. The Morgan fingerprint density at radius 2 is 2.11 bits per heavy atom. The highest BCUT2D eigenvalue weighted by Crippen LogP contribution is 2.22. The van der Waals surface area contributed by atoms with Gasteiger partial charge in [0.15, 0.2) is 0 Å². The van der Waals surface area contributed by atoms with Crippen LogP contribution < -0.4 is 5.32 Å². The fourth-order valence-corrected chi connectivity index (χ4v) is 1.63. The number of nitrogens with zero attached hydrogens (tertiary/aromatic N) is 3. The SMILES string of the molecule is CC(C)(C)CC(CC(=O)O)NC(=O)c1nn[nH]n1. The number of amides is 1. The van der Waals surface area contributed by atoms with Crippen molar-refractivity contribution in [3.8, 4) is 0 Å². The van der Waals surface area contributed by atoms with Crippen molar-refractivity contribution < 1.29 is 14.7 Å². The standard InChI is InChI=1S/C10H17N5O3/c1-10(2,3)5-6(4-7(16)17)11-9(18)8-12-14-15-13-8/h6H,4-5H2,1-3H3,(H,11,18)(H,16,17)(H,12,13,14,15). The van der Waals surface area contributed by atoms with Crippen LogP contribution in [0.1, 0.15) is 44.2 Å². The van der Waals surface area contributed by atoms with E-state index in [9.17, 15) is 9.59 Å². The largest absolute Gasteiger partial charge is 0.481 e. The van der Waals surface area contributed by atoms with Crippen LogP contribution in [0.3, 0.4) is 0 Å². The monoisotopic (exact) mass is 255 g/mol. The minimum Gasteiger partial charge on any atom is -0.481 e. The Balaban J connectivity index is 2.66. The molecule has 0 fully saturated rings. The van der Waals surface area contributed by atoms with E-state index in [1.165, 1.54) is 0 Å². The molecule has 0 saturated carbocycles. The summed E-state index contributed by atoms with van der Waals surface area (Å²) in [6, 6.07) is -0.464. The summed E-state index contributed by atoms with van der Waals surface area (Å²) in [5.41, 5.74) is -0.0926. The number of H-pyrrole nitrogens is 1. The van der Waals surface area contributed by atoms with Crippen molar-refractivity contribution in [2.45, 2.75) is 39.7 Å². The van der Waals surface area contributed by atoms with E-state index in [0.29, 0.717) is 6.42 Å². The van der Waals surface area contributed by atoms with Crippen LogP contribution in [-0.2, 0) is 4.79 Å². The Hall–Kier alpha value is -1.99. The Kier molecular flexibility index (Phi) is 4.35. The maximum absolute atomic E-state index is 11.7. The summed E-state index contributed by atoms with van der Waals surface area (Å²) in [4.78, 5) is 22.5. The zero-order valence-electron chi connectivity index (χ0n) is 10.6. The second-order valence-electron chi connectivity index (χ2n) is 5.27. The van der Waals surface area contributed by atoms with Gasteiger partial charge in [0, 0.05) is 6.04 Å². The van der Waals surface area contributed by atoms with Gasteiger partial charge >= 0.3 is 5.97 Å². The Bertz CT molecular complexity index is 410. The number of tetrazole rings is 1. The van der Waals surface area contributed by atoms with E-state index < -0.39 is 17.9 Å². The number of hydrogen-bond acceptors (Lipinski definition) is 5. The van der Waals surface area contributed by atoms with Crippen LogP contribution in [0.4, 0.5) is 0 Å². The van der Waals surface area contributed by atoms with E-state index in [-0.39, 0.29) is 17.7 Å². The van der Waals surface area contributed by atoms with Gasteiger partial charge in [-0.05, 0) is 17.0 Å². The molecular weight excluding hydrogens is 238 g/mol. The van der Waals surface area contributed by atoms with Crippen molar-refractivity contribution in [3.05, 3.63) is 5.82 Å². The van der Waals surface area contributed by atoms with Gasteiger partial charge in [-0.1, -0.05) is 20.8 Å². The van der Waals surface area contributed by atoms with Crippen LogP contribution in [0, 0.1) is 5.41 Å². The number of hydrogen-bond donors (Lipinski definition) is 3. The number of nitrogens with one attached hydrogen (secondary N) is 2. The van der Waals surface area contributed by atoms with Crippen molar-refractivity contribution in [1.29, 1.82) is 0 Å². The molecule has 1 unspecified atom stereocenters. The molecule has 0 spiro atoms. The minimum atomic E-state index is -0.960. The molecule has 0 aliphatic carbocycles. The van der Waals surface area contributed by atoms with Gasteiger partial charge in [0.25, 0.3) is 11.7 Å². The van der Waals surface area contributed by atoms with Crippen LogP contribution in [0.2, 0.25) is 0 Å². The number of carbonyl (C=O) groups excluding carboxylic acids is 1. The minimum absolute atomic E-state index is 0.0926. The molecule has 8 nitrogen and oxygen atoms in total. The molecular formula is C10H17N5O3. The molecule has 0 aliphatic heterocycles. The number of aromatic nitrogens is 4. The summed E-state index contributed by atoms with van der Waals surface area (Å²) in [6.45, 7) is 5.92. The number of carboxylic acid groups (broad SMARTS) is 1. The normalized spacial score (nSPS) is 13.1. The third-order valence-electron chi connectivity index (χ3n) is 2.16. The predicted molar refractivity (Wildman–Crippen MR) is 61.8 cm³/mol. The molecule has 0 radical (unpaired) electrons. The van der Waals surface area contributed by atoms with Gasteiger partial charge in [0.1, 0.15) is 0 Å². The van der Waals surface area contributed by atoms with Crippen molar-refractivity contribution >= 4 is 11.9 Å². The van der Waals surface area contributed by atoms with Gasteiger partial charge < -0.3 is 10.4 Å². The van der Waals surface area contributed by atoms with Crippen molar-refractivity contribution in [2.24, 2.45) is 5.41 Å². The molecule has 0 aliphatic rings. The molecule has 8 heteroatoms. The topological polar surface area (TPSA) is 121 Å². The third kappa shape index (κ3) is 4.89. The summed E-state index contributed by atoms with van der Waals surface area (Å²) in [5.74, 6) is -1.59. The molecule has 1 rings (SSSR count). The van der Waals surface area contributed by atoms with Crippen LogP contribution in [0.25, 0.3) is 0 Å². The number of aromatic amines is 1. The molecule has 1 amide bonds. The van der Waals surface area contributed by atoms with Gasteiger partial charge in [-0.15, -0.1) is 10.2 Å². The highest BCUT2D eigenvalue weighted by atomic mass is 16.4. The average Bonchev–Trinajstić information content (AvgIpc) is 2.65. The highest BCUT2D eigenvalue weighted by molar-refractivity contribution is 5.90. The number of rotatable bonds is 5. The zero-order valence-corrected chi connectivity index (χ0v) is 10.6. The fourth-order valence-electron chi connectivity index (χ4n) is 1.63. The number of carbonyl (C=O) groups is 2. The van der Waals surface area contributed by atoms with E-state index in [4.69, 9.17) is 5.11 Å². The first-order valence-electron chi connectivity index (χ1n) is 5.54. The lowest BCUT2D eigenvalue weighted by atomic mass is 9.87. The molecule has 1 heterocycles. The second-order valence-corrected chi connectivity index (χ2v) is 5.27. The molecule has 100 valence electrons. The summed E-state index contributed by atoms with van der Waals surface area (Å²) >= 11 is 0. The lowest BCUT2D eigenvalue weighted by molar-refractivity contribution is -0.137. The number of aliphatic carboxylic acids is 1. The maximum Gasteiger partial charge on any atom is 0.305 e. The summed E-state index contributed by atoms with van der Waals surface area (Å²) < 4.78 is 0. The summed E-state index contributed by atoms with van der Waals surface area (Å²) in [7, 11) is 0. The Morgan fingerprint density at radius 3 is 2.56 bits per heavy atom. The smallest absolute Gasteiger partial charge is 0.305 e. The van der Waals surface area contributed by atoms with E-state index in [1.54, 1.807) is 0 Å². The fraction of sp³-hybridized carbons (Fsp3) is 0.700. The second kappa shape index (κ2) is 5.56. The number of carboxylic acids is 1. The van der Waals surface area contributed by atoms with Crippen molar-refractivity contribution in [3.63, 3.8) is 0 Å².